The molecule has 0 bridgehead atoms. The molecule has 8 heteroatoms. The van der Waals surface area contributed by atoms with Crippen molar-refractivity contribution in [2.24, 2.45) is 0 Å². The lowest BCUT2D eigenvalue weighted by Gasteiger charge is -2.46. The highest BCUT2D eigenvalue weighted by Gasteiger charge is 2.70. The zero-order chi connectivity index (χ0) is 13.7. The minimum Gasteiger partial charge on any atom is -0.463 e. The van der Waals surface area contributed by atoms with Crippen LogP contribution in [0.3, 0.4) is 0 Å². The van der Waals surface area contributed by atoms with Gasteiger partial charge in [0.2, 0.25) is 0 Å². The van der Waals surface area contributed by atoms with Crippen LogP contribution in [0, 0.1) is 0 Å². The van der Waals surface area contributed by atoms with Crippen molar-refractivity contribution in [1.29, 1.82) is 0 Å². The van der Waals surface area contributed by atoms with E-state index in [-0.39, 0.29) is 34.5 Å². The lowest BCUT2D eigenvalue weighted by atomic mass is 9.98. The van der Waals surface area contributed by atoms with Crippen molar-refractivity contribution in [3.8, 4) is 0 Å². The Balaban J connectivity index is 2.20. The molecule has 0 aromatic rings. The number of alkyl halides is 3. The van der Waals surface area contributed by atoms with Gasteiger partial charge < -0.3 is 9.64 Å². The van der Waals surface area contributed by atoms with Crippen LogP contribution in [-0.2, 0) is 14.3 Å². The number of thioether (sulfide) groups is 1. The first-order chi connectivity index (χ1) is 8.23. The van der Waals surface area contributed by atoms with E-state index in [1.165, 1.54) is 0 Å². The highest BCUT2D eigenvalue weighted by atomic mass is 79.9. The summed E-state index contributed by atoms with van der Waals surface area (Å²) < 4.78 is 3.93. The second-order valence-electron chi connectivity index (χ2n) is 4.67. The number of hydrogen-bond acceptors (Lipinski definition) is 4. The molecule has 102 valence electrons. The Kier molecular flexibility index (Phi) is 4.00. The van der Waals surface area contributed by atoms with E-state index >= 15 is 0 Å². The van der Waals surface area contributed by atoms with Crippen LogP contribution in [0.1, 0.15) is 13.8 Å². The van der Waals surface area contributed by atoms with Gasteiger partial charge in [0.15, 0.2) is 3.23 Å². The van der Waals surface area contributed by atoms with Crippen molar-refractivity contribution in [2.45, 2.75) is 33.2 Å². The first-order valence-electron chi connectivity index (χ1n) is 5.34. The number of β-lactam (4-membered cyclic amide) rings is 1. The zero-order valence-corrected chi connectivity index (χ0v) is 14.5. The molecule has 2 aliphatic heterocycles. The Morgan fingerprint density at radius 3 is 2.72 bits per heavy atom. The molecule has 2 fully saturated rings. The van der Waals surface area contributed by atoms with Crippen molar-refractivity contribution in [2.75, 3.05) is 12.5 Å². The Morgan fingerprint density at radius 2 is 2.17 bits per heavy atom. The number of nitrogens with zero attached hydrogens (tertiary/aromatic N) is 1. The predicted molar refractivity (Wildman–Crippen MR) is 78.4 cm³/mol. The van der Waals surface area contributed by atoms with Gasteiger partial charge in [0, 0.05) is 4.75 Å². The molecule has 0 unspecified atom stereocenters. The third-order valence-electron chi connectivity index (χ3n) is 2.98. The highest BCUT2D eigenvalue weighted by molar-refractivity contribution is 9.26. The lowest BCUT2D eigenvalue weighted by Crippen LogP contribution is -2.68. The topological polar surface area (TPSA) is 46.6 Å². The molecule has 0 spiro atoms. The molecular formula is C10H12Br2ClNO3S. The Morgan fingerprint density at radius 1 is 1.56 bits per heavy atom. The Bertz CT molecular complexity index is 405. The van der Waals surface area contributed by atoms with Gasteiger partial charge in [-0.25, -0.2) is 4.79 Å². The molecular weight excluding hydrogens is 409 g/mol. The van der Waals surface area contributed by atoms with E-state index in [9.17, 15) is 9.59 Å². The van der Waals surface area contributed by atoms with Crippen molar-refractivity contribution < 1.29 is 14.3 Å². The summed E-state index contributed by atoms with van der Waals surface area (Å²) in [7, 11) is 0. The van der Waals surface area contributed by atoms with Gasteiger partial charge >= 0.3 is 5.97 Å². The molecule has 2 atom stereocenters. The van der Waals surface area contributed by atoms with E-state index in [0.717, 1.165) is 0 Å². The van der Waals surface area contributed by atoms with E-state index in [2.05, 4.69) is 31.9 Å². The van der Waals surface area contributed by atoms with Crippen LogP contribution in [-0.4, -0.2) is 48.7 Å². The van der Waals surface area contributed by atoms with Crippen LogP contribution < -0.4 is 0 Å². The molecule has 0 aromatic carbocycles. The summed E-state index contributed by atoms with van der Waals surface area (Å²) in [5.74, 6) is -0.276. The highest BCUT2D eigenvalue weighted by Crippen LogP contribution is 2.60. The molecule has 0 N–H and O–H groups in total. The fraction of sp³-hybridized carbons (Fsp3) is 0.800. The molecule has 4 nitrogen and oxygen atoms in total. The van der Waals surface area contributed by atoms with Gasteiger partial charge in [-0.15, -0.1) is 23.4 Å². The van der Waals surface area contributed by atoms with Gasteiger partial charge in [0.05, 0.1) is 5.88 Å². The summed E-state index contributed by atoms with van der Waals surface area (Å²) in [6.07, 6.45) is 0. The number of rotatable bonds is 3. The molecule has 2 rings (SSSR count). The predicted octanol–water partition coefficient (Wildman–Crippen LogP) is 2.32. The maximum Gasteiger partial charge on any atom is 0.330 e. The van der Waals surface area contributed by atoms with Crippen LogP contribution in [0.2, 0.25) is 0 Å². The second-order valence-corrected chi connectivity index (χ2v) is 10.3. The number of hydrogen-bond donors (Lipinski definition) is 0. The van der Waals surface area contributed by atoms with Gasteiger partial charge in [-0.3, -0.25) is 4.79 Å². The average Bonchev–Trinajstić information content (AvgIpc) is 2.56. The number of carbonyl (C=O) groups is 2. The summed E-state index contributed by atoms with van der Waals surface area (Å²) in [5.41, 5.74) is 0. The van der Waals surface area contributed by atoms with Crippen LogP contribution in [0.5, 0.6) is 0 Å². The van der Waals surface area contributed by atoms with Gasteiger partial charge in [-0.2, -0.15) is 0 Å². The van der Waals surface area contributed by atoms with Crippen LogP contribution >= 0.6 is 55.2 Å². The van der Waals surface area contributed by atoms with Gasteiger partial charge in [0.25, 0.3) is 5.91 Å². The molecule has 0 radical (unpaired) electrons. The van der Waals surface area contributed by atoms with Crippen molar-refractivity contribution in [3.63, 3.8) is 0 Å². The SMILES string of the molecule is CC1(C)S[C@H]2N(C(=O)C2(Br)Br)[C@H]1C(=O)OCCCl. The van der Waals surface area contributed by atoms with Gasteiger partial charge in [-0.1, -0.05) is 31.9 Å². The molecule has 0 saturated carbocycles. The maximum absolute atomic E-state index is 12.0. The van der Waals surface area contributed by atoms with E-state index in [4.69, 9.17) is 16.3 Å². The Labute approximate surface area is 131 Å². The average molecular weight is 422 g/mol. The molecule has 2 saturated heterocycles. The number of halogens is 3. The molecule has 2 heterocycles. The van der Waals surface area contributed by atoms with E-state index in [1.54, 1.807) is 16.7 Å². The first kappa shape index (κ1) is 14.9. The fourth-order valence-corrected chi connectivity index (χ4v) is 5.16. The molecule has 0 aliphatic carbocycles. The van der Waals surface area contributed by atoms with E-state index < -0.39 is 9.28 Å². The maximum atomic E-state index is 12.0. The van der Waals surface area contributed by atoms with Crippen LogP contribution in [0.25, 0.3) is 0 Å². The van der Waals surface area contributed by atoms with Crippen LogP contribution in [0.4, 0.5) is 0 Å². The number of amides is 1. The van der Waals surface area contributed by atoms with E-state index in [0.29, 0.717) is 0 Å². The van der Waals surface area contributed by atoms with Gasteiger partial charge in [0.1, 0.15) is 18.0 Å². The number of carbonyl (C=O) groups excluding carboxylic acids is 2. The van der Waals surface area contributed by atoms with Crippen molar-refractivity contribution in [1.82, 2.24) is 4.90 Å². The lowest BCUT2D eigenvalue weighted by molar-refractivity contribution is -0.160. The normalized spacial score (nSPS) is 31.8. The smallest absolute Gasteiger partial charge is 0.330 e. The molecule has 18 heavy (non-hydrogen) atoms. The van der Waals surface area contributed by atoms with E-state index in [1.807, 2.05) is 13.8 Å². The standard InChI is InChI=1S/C10H12Br2ClNO3S/c1-9(2)5(6(15)17-4-3-13)14-7(16)10(11,12)8(14)18-9/h5,8H,3-4H2,1-2H3/t5-,8+/m0/s1. The van der Waals surface area contributed by atoms with Crippen LogP contribution in [0.15, 0.2) is 0 Å². The summed E-state index contributed by atoms with van der Waals surface area (Å²) in [5, 5.41) is -0.103. The van der Waals surface area contributed by atoms with Crippen molar-refractivity contribution >= 4 is 67.1 Å². The van der Waals surface area contributed by atoms with Gasteiger partial charge in [-0.05, 0) is 13.8 Å². The summed E-state index contributed by atoms with van der Waals surface area (Å²) in [4.78, 5) is 25.6. The summed E-state index contributed by atoms with van der Waals surface area (Å²) in [6.45, 7) is 4.04. The number of esters is 1. The second kappa shape index (κ2) is 4.82. The molecule has 2 aliphatic rings. The zero-order valence-electron chi connectivity index (χ0n) is 9.78. The minimum absolute atomic E-state index is 0.103. The number of fused-ring (bicyclic) bond motifs is 1. The first-order valence-corrected chi connectivity index (χ1v) is 8.34. The molecule has 1 amide bonds. The third-order valence-corrected chi connectivity index (χ3v) is 6.92. The summed E-state index contributed by atoms with van der Waals surface area (Å²) >= 11 is 13.8. The Hall–Kier alpha value is 0.540. The summed E-state index contributed by atoms with van der Waals surface area (Å²) in [6, 6.07) is -0.563. The molecule has 0 aromatic heterocycles. The largest absolute Gasteiger partial charge is 0.463 e. The van der Waals surface area contributed by atoms with Crippen molar-refractivity contribution in [3.05, 3.63) is 0 Å². The fourth-order valence-electron chi connectivity index (χ4n) is 2.18. The number of ether oxygens (including phenoxy) is 1. The third kappa shape index (κ3) is 2.11. The minimum atomic E-state index is -0.760. The monoisotopic (exact) mass is 419 g/mol. The quantitative estimate of drug-likeness (QED) is 0.399.